The van der Waals surface area contributed by atoms with Gasteiger partial charge in [-0.05, 0) is 37.2 Å². The topological polar surface area (TPSA) is 70.7 Å². The van der Waals surface area contributed by atoms with Gasteiger partial charge in [-0.1, -0.05) is 49.0 Å². The maximum absolute atomic E-state index is 12.3. The summed E-state index contributed by atoms with van der Waals surface area (Å²) in [6.45, 7) is 2.29. The molecule has 1 amide bonds. The second-order valence-electron chi connectivity index (χ2n) is 7.28. The molecular weight excluding hydrogens is 356 g/mol. The summed E-state index contributed by atoms with van der Waals surface area (Å²) in [6.07, 6.45) is 8.12. The van der Waals surface area contributed by atoms with Gasteiger partial charge in [-0.15, -0.1) is 0 Å². The monoisotopic (exact) mass is 380 g/mol. The van der Waals surface area contributed by atoms with Crippen molar-refractivity contribution in [3.63, 3.8) is 0 Å². The maximum Gasteiger partial charge on any atom is 0.230 e. The Bertz CT molecular complexity index is 916. The van der Waals surface area contributed by atoms with E-state index < -0.39 is 0 Å². The summed E-state index contributed by atoms with van der Waals surface area (Å²) in [5.41, 5.74) is 3.94. The fourth-order valence-corrected chi connectivity index (χ4v) is 4.44. The largest absolute Gasteiger partial charge is 0.357 e. The van der Waals surface area contributed by atoms with Crippen LogP contribution in [-0.2, 0) is 4.79 Å². The SMILES string of the molecule is CC1CCC(NC(=O)CSc2ncnc3c(-c4ccccc4)c[nH]c23)CC1. The van der Waals surface area contributed by atoms with Crippen molar-refractivity contribution >= 4 is 28.7 Å². The van der Waals surface area contributed by atoms with Crippen LogP contribution in [0.2, 0.25) is 0 Å². The zero-order chi connectivity index (χ0) is 18.6. The van der Waals surface area contributed by atoms with E-state index >= 15 is 0 Å². The minimum atomic E-state index is 0.0844. The number of carbonyl (C=O) groups excluding carboxylic acids is 1. The molecule has 0 radical (unpaired) electrons. The first-order valence-corrected chi connectivity index (χ1v) is 10.5. The van der Waals surface area contributed by atoms with Gasteiger partial charge in [-0.25, -0.2) is 9.97 Å². The molecule has 1 fully saturated rings. The highest BCUT2D eigenvalue weighted by Crippen LogP contribution is 2.31. The van der Waals surface area contributed by atoms with Gasteiger partial charge < -0.3 is 10.3 Å². The number of rotatable bonds is 5. The second-order valence-corrected chi connectivity index (χ2v) is 8.25. The number of aromatic nitrogens is 3. The standard InChI is InChI=1S/C21H24N4OS/c1-14-7-9-16(10-8-14)25-18(26)12-27-21-20-19(23-13-24-21)17(11-22-20)15-5-3-2-4-6-15/h2-6,11,13-14,16,22H,7-10,12H2,1H3,(H,25,26). The van der Waals surface area contributed by atoms with Gasteiger partial charge in [0.15, 0.2) is 0 Å². The van der Waals surface area contributed by atoms with Gasteiger partial charge in [0.1, 0.15) is 16.9 Å². The van der Waals surface area contributed by atoms with Crippen LogP contribution < -0.4 is 5.32 Å². The molecule has 1 saturated carbocycles. The Labute approximate surface area is 163 Å². The van der Waals surface area contributed by atoms with E-state index in [1.54, 1.807) is 6.33 Å². The van der Waals surface area contributed by atoms with Crippen molar-refractivity contribution in [1.29, 1.82) is 0 Å². The summed E-state index contributed by atoms with van der Waals surface area (Å²) in [7, 11) is 0. The third-order valence-corrected chi connectivity index (χ3v) is 6.22. The van der Waals surface area contributed by atoms with E-state index in [1.165, 1.54) is 24.6 Å². The Morgan fingerprint density at radius 3 is 2.74 bits per heavy atom. The first-order chi connectivity index (χ1) is 13.2. The molecule has 1 aromatic carbocycles. The summed E-state index contributed by atoms with van der Waals surface area (Å²) in [6, 6.07) is 10.5. The van der Waals surface area contributed by atoms with Gasteiger partial charge in [0.2, 0.25) is 5.91 Å². The van der Waals surface area contributed by atoms with Crippen molar-refractivity contribution < 1.29 is 4.79 Å². The third kappa shape index (κ3) is 4.16. The lowest BCUT2D eigenvalue weighted by molar-refractivity contribution is -0.119. The molecule has 2 heterocycles. The Hall–Kier alpha value is -2.34. The highest BCUT2D eigenvalue weighted by molar-refractivity contribution is 8.00. The van der Waals surface area contributed by atoms with Crippen LogP contribution in [0.15, 0.2) is 47.9 Å². The number of H-pyrrole nitrogens is 1. The van der Waals surface area contributed by atoms with E-state index in [4.69, 9.17) is 0 Å². The smallest absolute Gasteiger partial charge is 0.230 e. The van der Waals surface area contributed by atoms with Crippen molar-refractivity contribution in [2.24, 2.45) is 5.92 Å². The zero-order valence-electron chi connectivity index (χ0n) is 15.4. The average Bonchev–Trinajstić information content (AvgIpc) is 3.13. The molecule has 140 valence electrons. The molecule has 0 unspecified atom stereocenters. The third-order valence-electron chi connectivity index (χ3n) is 5.23. The van der Waals surface area contributed by atoms with Crippen LogP contribution in [0.1, 0.15) is 32.6 Å². The lowest BCUT2D eigenvalue weighted by atomic mass is 9.87. The van der Waals surface area contributed by atoms with Crippen LogP contribution in [0, 0.1) is 5.92 Å². The van der Waals surface area contributed by atoms with Crippen LogP contribution >= 0.6 is 11.8 Å². The van der Waals surface area contributed by atoms with Crippen LogP contribution in [0.5, 0.6) is 0 Å². The molecule has 0 spiro atoms. The molecule has 4 rings (SSSR count). The molecule has 2 N–H and O–H groups in total. The molecule has 0 saturated heterocycles. The number of carbonyl (C=O) groups is 1. The van der Waals surface area contributed by atoms with E-state index in [-0.39, 0.29) is 5.91 Å². The predicted molar refractivity (Wildman–Crippen MR) is 110 cm³/mol. The zero-order valence-corrected chi connectivity index (χ0v) is 16.3. The van der Waals surface area contributed by atoms with E-state index in [2.05, 4.69) is 39.3 Å². The average molecular weight is 381 g/mol. The van der Waals surface area contributed by atoms with Gasteiger partial charge in [-0.2, -0.15) is 0 Å². The van der Waals surface area contributed by atoms with Crippen LogP contribution in [-0.4, -0.2) is 32.7 Å². The number of nitrogens with one attached hydrogen (secondary N) is 2. The fourth-order valence-electron chi connectivity index (χ4n) is 3.67. The minimum absolute atomic E-state index is 0.0844. The number of hydrogen-bond donors (Lipinski definition) is 2. The second kappa shape index (κ2) is 8.13. The Morgan fingerprint density at radius 1 is 1.19 bits per heavy atom. The van der Waals surface area contributed by atoms with Crippen LogP contribution in [0.4, 0.5) is 0 Å². The summed E-state index contributed by atoms with van der Waals surface area (Å²) in [4.78, 5) is 24.5. The van der Waals surface area contributed by atoms with Crippen molar-refractivity contribution in [3.05, 3.63) is 42.9 Å². The molecular formula is C21H24N4OS. The minimum Gasteiger partial charge on any atom is -0.357 e. The molecule has 1 aliphatic rings. The van der Waals surface area contributed by atoms with Crippen molar-refractivity contribution in [1.82, 2.24) is 20.3 Å². The number of aromatic amines is 1. The van der Waals surface area contributed by atoms with Crippen molar-refractivity contribution in [3.8, 4) is 11.1 Å². The lowest BCUT2D eigenvalue weighted by Gasteiger charge is -2.26. The quantitative estimate of drug-likeness (QED) is 0.508. The molecule has 0 atom stereocenters. The first kappa shape index (κ1) is 18.0. The van der Waals surface area contributed by atoms with Gasteiger partial charge in [0, 0.05) is 17.8 Å². The Kier molecular flexibility index (Phi) is 5.43. The number of amides is 1. The van der Waals surface area contributed by atoms with Gasteiger partial charge in [0.25, 0.3) is 0 Å². The molecule has 3 aromatic rings. The van der Waals surface area contributed by atoms with Crippen molar-refractivity contribution in [2.45, 2.75) is 43.7 Å². The van der Waals surface area contributed by atoms with Crippen LogP contribution in [0.25, 0.3) is 22.2 Å². The summed E-state index contributed by atoms with van der Waals surface area (Å²) >= 11 is 1.46. The molecule has 0 bridgehead atoms. The number of fused-ring (bicyclic) bond motifs is 1. The lowest BCUT2D eigenvalue weighted by Crippen LogP contribution is -2.38. The summed E-state index contributed by atoms with van der Waals surface area (Å²) < 4.78 is 0. The number of hydrogen-bond acceptors (Lipinski definition) is 4. The fraction of sp³-hybridized carbons (Fsp3) is 0.381. The van der Waals surface area contributed by atoms with E-state index in [0.717, 1.165) is 45.9 Å². The highest BCUT2D eigenvalue weighted by Gasteiger charge is 2.20. The number of thioether (sulfide) groups is 1. The van der Waals surface area contributed by atoms with E-state index in [9.17, 15) is 4.79 Å². The van der Waals surface area contributed by atoms with E-state index in [0.29, 0.717) is 11.8 Å². The predicted octanol–water partition coefficient (Wildman–Crippen LogP) is 4.41. The highest BCUT2D eigenvalue weighted by atomic mass is 32.2. The normalized spacial score (nSPS) is 19.9. The molecule has 27 heavy (non-hydrogen) atoms. The summed E-state index contributed by atoms with van der Waals surface area (Å²) in [5, 5.41) is 3.99. The first-order valence-electron chi connectivity index (χ1n) is 9.50. The molecule has 1 aliphatic carbocycles. The van der Waals surface area contributed by atoms with Gasteiger partial charge in [0.05, 0.1) is 11.3 Å². The number of benzene rings is 1. The molecule has 2 aromatic heterocycles. The van der Waals surface area contributed by atoms with Gasteiger partial charge >= 0.3 is 0 Å². The Morgan fingerprint density at radius 2 is 1.96 bits per heavy atom. The molecule has 6 heteroatoms. The number of nitrogens with zero attached hydrogens (tertiary/aromatic N) is 2. The Balaban J connectivity index is 1.43. The van der Waals surface area contributed by atoms with E-state index in [1.807, 2.05) is 24.4 Å². The summed E-state index contributed by atoms with van der Waals surface area (Å²) in [5.74, 6) is 1.24. The van der Waals surface area contributed by atoms with Gasteiger partial charge in [-0.3, -0.25) is 4.79 Å². The van der Waals surface area contributed by atoms with Crippen molar-refractivity contribution in [2.75, 3.05) is 5.75 Å². The molecule has 0 aliphatic heterocycles. The maximum atomic E-state index is 12.3. The van der Waals surface area contributed by atoms with Crippen LogP contribution in [0.3, 0.4) is 0 Å². The molecule has 5 nitrogen and oxygen atoms in total.